The van der Waals surface area contributed by atoms with E-state index in [4.69, 9.17) is 0 Å². The second-order valence-corrected chi connectivity index (χ2v) is 4.41. The maximum absolute atomic E-state index is 11.2. The van der Waals surface area contributed by atoms with Crippen molar-refractivity contribution in [2.45, 2.75) is 39.5 Å². The molecule has 0 radical (unpaired) electrons. The van der Waals surface area contributed by atoms with Gasteiger partial charge in [0, 0.05) is 12.3 Å². The topological polar surface area (TPSA) is 54.9 Å². The van der Waals surface area contributed by atoms with Crippen LogP contribution >= 0.6 is 11.3 Å². The van der Waals surface area contributed by atoms with Gasteiger partial charge >= 0.3 is 0 Å². The largest absolute Gasteiger partial charge is 0.301 e. The lowest BCUT2D eigenvalue weighted by molar-refractivity contribution is -0.116. The van der Waals surface area contributed by atoms with Gasteiger partial charge in [0.2, 0.25) is 11.0 Å². The van der Waals surface area contributed by atoms with Crippen molar-refractivity contribution in [1.29, 1.82) is 0 Å². The van der Waals surface area contributed by atoms with E-state index >= 15 is 0 Å². The van der Waals surface area contributed by atoms with Gasteiger partial charge in [-0.3, -0.25) is 4.79 Å². The molecule has 0 atom stereocenters. The summed E-state index contributed by atoms with van der Waals surface area (Å²) in [4.78, 5) is 11.2. The monoisotopic (exact) mass is 213 g/mol. The molecule has 0 bridgehead atoms. The fourth-order valence-corrected chi connectivity index (χ4v) is 1.69. The van der Waals surface area contributed by atoms with Crippen molar-refractivity contribution in [3.05, 3.63) is 5.01 Å². The first-order valence-electron chi connectivity index (χ1n) is 4.76. The van der Waals surface area contributed by atoms with E-state index in [1.165, 1.54) is 11.3 Å². The van der Waals surface area contributed by atoms with Crippen molar-refractivity contribution in [3.63, 3.8) is 0 Å². The molecule has 1 aromatic rings. The molecular formula is C9H15N3OS. The van der Waals surface area contributed by atoms with Gasteiger partial charge in [0.1, 0.15) is 5.01 Å². The summed E-state index contributed by atoms with van der Waals surface area (Å²) in [5.41, 5.74) is 0. The van der Waals surface area contributed by atoms with Gasteiger partial charge in [0.25, 0.3) is 0 Å². The summed E-state index contributed by atoms with van der Waals surface area (Å²) in [6.07, 6.45) is 1.39. The number of carbonyl (C=O) groups is 1. The van der Waals surface area contributed by atoms with E-state index in [1.807, 2.05) is 6.92 Å². The van der Waals surface area contributed by atoms with Crippen LogP contribution in [0.5, 0.6) is 0 Å². The van der Waals surface area contributed by atoms with Crippen LogP contribution < -0.4 is 5.32 Å². The molecule has 0 saturated carbocycles. The molecule has 4 nitrogen and oxygen atoms in total. The van der Waals surface area contributed by atoms with E-state index in [-0.39, 0.29) is 5.91 Å². The molecule has 5 heteroatoms. The number of hydrogen-bond donors (Lipinski definition) is 1. The Kier molecular flexibility index (Phi) is 4.00. The summed E-state index contributed by atoms with van der Waals surface area (Å²) >= 11 is 1.44. The third-order valence-corrected chi connectivity index (χ3v) is 2.80. The fourth-order valence-electron chi connectivity index (χ4n) is 0.927. The Morgan fingerprint density at radius 1 is 1.50 bits per heavy atom. The second-order valence-electron chi connectivity index (χ2n) is 3.40. The highest BCUT2D eigenvalue weighted by molar-refractivity contribution is 7.15. The Morgan fingerprint density at radius 3 is 2.71 bits per heavy atom. The van der Waals surface area contributed by atoms with E-state index in [2.05, 4.69) is 29.4 Å². The molecule has 0 aromatic carbocycles. The Bertz CT molecular complexity index is 309. The van der Waals surface area contributed by atoms with Crippen molar-refractivity contribution >= 4 is 22.4 Å². The molecule has 78 valence electrons. The van der Waals surface area contributed by atoms with Crippen LogP contribution in [0.2, 0.25) is 0 Å². The van der Waals surface area contributed by atoms with E-state index in [1.54, 1.807) is 0 Å². The molecule has 0 aliphatic rings. The number of amides is 1. The van der Waals surface area contributed by atoms with Gasteiger partial charge in [-0.2, -0.15) is 0 Å². The zero-order chi connectivity index (χ0) is 10.6. The molecule has 0 saturated heterocycles. The van der Waals surface area contributed by atoms with Crippen LogP contribution in [0.1, 0.15) is 44.5 Å². The maximum Gasteiger partial charge on any atom is 0.226 e. The molecule has 1 rings (SSSR count). The zero-order valence-corrected chi connectivity index (χ0v) is 9.52. The van der Waals surface area contributed by atoms with Gasteiger partial charge in [-0.1, -0.05) is 32.1 Å². The van der Waals surface area contributed by atoms with Crippen LogP contribution in [0.15, 0.2) is 0 Å². The van der Waals surface area contributed by atoms with Crippen LogP contribution in [0.3, 0.4) is 0 Å². The lowest BCUT2D eigenvalue weighted by atomic mass is 10.2. The number of nitrogens with zero attached hydrogens (tertiary/aromatic N) is 2. The summed E-state index contributed by atoms with van der Waals surface area (Å²) in [7, 11) is 0. The smallest absolute Gasteiger partial charge is 0.226 e. The van der Waals surface area contributed by atoms with Gasteiger partial charge < -0.3 is 5.32 Å². The molecule has 0 spiro atoms. The number of rotatable bonds is 4. The van der Waals surface area contributed by atoms with E-state index in [0.29, 0.717) is 17.5 Å². The lowest BCUT2D eigenvalue weighted by Crippen LogP contribution is -2.10. The van der Waals surface area contributed by atoms with Crippen LogP contribution in [-0.4, -0.2) is 16.1 Å². The SMILES string of the molecule is CCCC(=O)Nc1nnc(C(C)C)s1. The second kappa shape index (κ2) is 5.05. The van der Waals surface area contributed by atoms with Gasteiger partial charge in [0.05, 0.1) is 0 Å². The van der Waals surface area contributed by atoms with Crippen molar-refractivity contribution in [2.75, 3.05) is 5.32 Å². The summed E-state index contributed by atoms with van der Waals surface area (Å²) in [5.74, 6) is 0.378. The van der Waals surface area contributed by atoms with Crippen LogP contribution in [-0.2, 0) is 4.79 Å². The van der Waals surface area contributed by atoms with Crippen LogP contribution in [0.25, 0.3) is 0 Å². The van der Waals surface area contributed by atoms with Gasteiger partial charge in [0.15, 0.2) is 0 Å². The molecule has 0 fully saturated rings. The average Bonchev–Trinajstić information content (AvgIpc) is 2.53. The third-order valence-electron chi connectivity index (χ3n) is 1.66. The van der Waals surface area contributed by atoms with Crippen molar-refractivity contribution in [1.82, 2.24) is 10.2 Å². The first-order chi connectivity index (χ1) is 6.63. The minimum absolute atomic E-state index is 0.0129. The molecule has 0 aliphatic carbocycles. The third kappa shape index (κ3) is 3.06. The molecule has 14 heavy (non-hydrogen) atoms. The van der Waals surface area contributed by atoms with E-state index in [9.17, 15) is 4.79 Å². The summed E-state index contributed by atoms with van der Waals surface area (Å²) in [5, 5.41) is 12.2. The Morgan fingerprint density at radius 2 is 2.21 bits per heavy atom. The number of nitrogens with one attached hydrogen (secondary N) is 1. The fraction of sp³-hybridized carbons (Fsp3) is 0.667. The minimum Gasteiger partial charge on any atom is -0.301 e. The summed E-state index contributed by atoms with van der Waals surface area (Å²) in [6, 6.07) is 0. The maximum atomic E-state index is 11.2. The average molecular weight is 213 g/mol. The Hall–Kier alpha value is -0.970. The first kappa shape index (κ1) is 11.1. The molecule has 1 heterocycles. The van der Waals surface area contributed by atoms with E-state index in [0.717, 1.165) is 11.4 Å². The molecular weight excluding hydrogens is 198 g/mol. The highest BCUT2D eigenvalue weighted by Gasteiger charge is 2.09. The molecule has 1 N–H and O–H groups in total. The first-order valence-corrected chi connectivity index (χ1v) is 5.58. The van der Waals surface area contributed by atoms with Crippen molar-refractivity contribution < 1.29 is 4.79 Å². The highest BCUT2D eigenvalue weighted by Crippen LogP contribution is 2.22. The number of carbonyl (C=O) groups excluding carboxylic acids is 1. The lowest BCUT2D eigenvalue weighted by Gasteiger charge is -1.97. The number of hydrogen-bond acceptors (Lipinski definition) is 4. The molecule has 0 unspecified atom stereocenters. The zero-order valence-electron chi connectivity index (χ0n) is 8.70. The highest BCUT2D eigenvalue weighted by atomic mass is 32.1. The van der Waals surface area contributed by atoms with Crippen LogP contribution in [0.4, 0.5) is 5.13 Å². The quantitative estimate of drug-likeness (QED) is 0.835. The van der Waals surface area contributed by atoms with Crippen molar-refractivity contribution in [3.8, 4) is 0 Å². The van der Waals surface area contributed by atoms with Crippen LogP contribution in [0, 0.1) is 0 Å². The standard InChI is InChI=1S/C9H15N3OS/c1-4-5-7(13)10-9-12-11-8(14-9)6(2)3/h6H,4-5H2,1-3H3,(H,10,12,13). The Balaban J connectivity index is 2.55. The molecule has 1 aromatic heterocycles. The summed E-state index contributed by atoms with van der Waals surface area (Å²) in [6.45, 7) is 6.08. The molecule has 1 amide bonds. The van der Waals surface area contributed by atoms with Gasteiger partial charge in [-0.05, 0) is 6.42 Å². The predicted molar refractivity (Wildman–Crippen MR) is 57.5 cm³/mol. The van der Waals surface area contributed by atoms with Gasteiger partial charge in [-0.25, -0.2) is 0 Å². The Labute approximate surface area is 87.7 Å². The minimum atomic E-state index is 0.0129. The number of aromatic nitrogens is 2. The van der Waals surface area contributed by atoms with Gasteiger partial charge in [-0.15, -0.1) is 10.2 Å². The van der Waals surface area contributed by atoms with E-state index < -0.39 is 0 Å². The van der Waals surface area contributed by atoms with Crippen molar-refractivity contribution in [2.24, 2.45) is 0 Å². The predicted octanol–water partition coefficient (Wildman–Crippen LogP) is 2.40. The normalized spacial score (nSPS) is 10.6. The number of anilines is 1. The molecule has 0 aliphatic heterocycles. The summed E-state index contributed by atoms with van der Waals surface area (Å²) < 4.78 is 0.